The first-order valence-corrected chi connectivity index (χ1v) is 12.9. The highest BCUT2D eigenvalue weighted by Gasteiger charge is 2.40. The lowest BCUT2D eigenvalue weighted by molar-refractivity contribution is -0.0446. The molecule has 12 heteroatoms. The summed E-state index contributed by atoms with van der Waals surface area (Å²) >= 11 is 6.25. The second-order valence-electron chi connectivity index (χ2n) is 6.41. The van der Waals surface area contributed by atoms with Gasteiger partial charge in [0.1, 0.15) is 5.60 Å². The fourth-order valence-corrected chi connectivity index (χ4v) is 5.85. The molecule has 0 saturated heterocycles. The van der Waals surface area contributed by atoms with E-state index < -0.39 is 33.6 Å². The maximum atomic E-state index is 12.8. The zero-order valence-electron chi connectivity index (χ0n) is 14.4. The van der Waals surface area contributed by atoms with Crippen LogP contribution in [0.3, 0.4) is 0 Å². The zero-order valence-corrected chi connectivity index (χ0v) is 21.6. The van der Waals surface area contributed by atoms with Crippen LogP contribution in [0.15, 0.2) is 12.1 Å². The van der Waals surface area contributed by atoms with Gasteiger partial charge in [-0.05, 0) is 112 Å². The van der Waals surface area contributed by atoms with Crippen LogP contribution in [0.25, 0.3) is 4.72 Å². The molecule has 1 aliphatic rings. The van der Waals surface area contributed by atoms with E-state index in [-0.39, 0.29) is 6.42 Å². The van der Waals surface area contributed by atoms with Crippen LogP contribution in [0.2, 0.25) is 0 Å². The molecule has 0 aliphatic heterocycles. The van der Waals surface area contributed by atoms with Crippen LogP contribution in [0.1, 0.15) is 48.9 Å². The van der Waals surface area contributed by atoms with Crippen molar-refractivity contribution in [3.05, 3.63) is 33.1 Å². The zero-order chi connectivity index (χ0) is 21.2. The summed E-state index contributed by atoms with van der Waals surface area (Å²) in [6.45, 7) is -0.573. The Morgan fingerprint density at radius 1 is 1.14 bits per heavy atom. The Labute approximate surface area is 202 Å². The highest BCUT2D eigenvalue weighted by Crippen LogP contribution is 2.37. The maximum Gasteiger partial charge on any atom is 0.480 e. The number of sulfonamides is 1. The van der Waals surface area contributed by atoms with Gasteiger partial charge in [-0.2, -0.15) is 13.2 Å². The third-order valence-corrected chi connectivity index (χ3v) is 9.18. The van der Waals surface area contributed by atoms with Gasteiger partial charge >= 0.3 is 11.5 Å². The average Bonchev–Trinajstić information content (AvgIpc) is 2.57. The predicted molar refractivity (Wildman–Crippen MR) is 124 cm³/mol. The first-order chi connectivity index (χ1) is 12.9. The number of carbonyl (C=O) groups is 1. The molecule has 0 amide bonds. The molecule has 0 N–H and O–H groups in total. The molecule has 1 fully saturated rings. The summed E-state index contributed by atoms with van der Waals surface area (Å²) in [4.78, 5) is 12.8. The summed E-state index contributed by atoms with van der Waals surface area (Å²) in [5.74, 6) is -0.554. The SMILES string of the molecule is O=C(OC1(CC[N-]S(=O)(=O)C(F)(F)F)CCCCC1)c1cc(I)cc(I)c1I. The largest absolute Gasteiger partial charge is 0.541 e. The smallest absolute Gasteiger partial charge is 0.480 e. The number of halogens is 6. The van der Waals surface area contributed by atoms with Gasteiger partial charge in [0, 0.05) is 10.7 Å². The highest BCUT2D eigenvalue weighted by atomic mass is 127. The van der Waals surface area contributed by atoms with Crippen molar-refractivity contribution in [3.63, 3.8) is 0 Å². The summed E-state index contributed by atoms with van der Waals surface area (Å²) < 4.78 is 70.8. The molecular weight excluding hydrogens is 740 g/mol. The number of ether oxygens (including phenoxy) is 1. The van der Waals surface area contributed by atoms with Gasteiger partial charge in [-0.25, -0.2) is 13.2 Å². The topological polar surface area (TPSA) is 74.5 Å². The van der Waals surface area contributed by atoms with E-state index >= 15 is 0 Å². The van der Waals surface area contributed by atoms with Crippen LogP contribution >= 0.6 is 67.8 Å². The molecule has 1 aromatic carbocycles. The van der Waals surface area contributed by atoms with Crippen LogP contribution in [0.4, 0.5) is 13.2 Å². The van der Waals surface area contributed by atoms with E-state index in [0.717, 1.165) is 30.0 Å². The second-order valence-corrected chi connectivity index (χ2v) is 11.6. The van der Waals surface area contributed by atoms with Crippen molar-refractivity contribution in [2.75, 3.05) is 6.54 Å². The number of carbonyl (C=O) groups excluding carboxylic acids is 1. The van der Waals surface area contributed by atoms with Crippen LogP contribution < -0.4 is 0 Å². The van der Waals surface area contributed by atoms with Crippen LogP contribution in [0.5, 0.6) is 0 Å². The van der Waals surface area contributed by atoms with Gasteiger partial charge in [0.25, 0.3) is 0 Å². The molecule has 0 aromatic heterocycles. The van der Waals surface area contributed by atoms with Crippen molar-refractivity contribution in [2.45, 2.75) is 49.6 Å². The molecule has 2 rings (SSSR count). The number of hydrogen-bond donors (Lipinski definition) is 0. The molecule has 158 valence electrons. The van der Waals surface area contributed by atoms with Gasteiger partial charge in [0.2, 0.25) is 0 Å². The summed E-state index contributed by atoms with van der Waals surface area (Å²) in [7, 11) is -5.54. The Balaban J connectivity index is 2.16. The maximum absolute atomic E-state index is 12.8. The highest BCUT2D eigenvalue weighted by molar-refractivity contribution is 14.1. The second kappa shape index (κ2) is 9.80. The van der Waals surface area contributed by atoms with Crippen molar-refractivity contribution < 1.29 is 31.1 Å². The number of alkyl halides is 3. The molecule has 1 aliphatic carbocycles. The quantitative estimate of drug-likeness (QED) is 0.204. The van der Waals surface area contributed by atoms with E-state index in [9.17, 15) is 26.4 Å². The molecule has 0 atom stereocenters. The van der Waals surface area contributed by atoms with E-state index in [1.165, 1.54) is 0 Å². The number of nitrogens with zero attached hydrogens (tertiary/aromatic N) is 1. The average molecular weight is 756 g/mol. The molecule has 1 saturated carbocycles. The van der Waals surface area contributed by atoms with Crippen LogP contribution in [-0.4, -0.2) is 32.0 Å². The third-order valence-electron chi connectivity index (χ3n) is 4.41. The van der Waals surface area contributed by atoms with Crippen molar-refractivity contribution >= 4 is 83.8 Å². The lowest BCUT2D eigenvalue weighted by Crippen LogP contribution is -2.39. The Bertz CT molecular complexity index is 840. The summed E-state index contributed by atoms with van der Waals surface area (Å²) in [6, 6.07) is 3.61. The minimum absolute atomic E-state index is 0.0638. The monoisotopic (exact) mass is 756 g/mol. The van der Waals surface area contributed by atoms with Crippen molar-refractivity contribution in [2.24, 2.45) is 0 Å². The van der Waals surface area contributed by atoms with Gasteiger partial charge in [0.15, 0.2) is 10.0 Å². The number of benzene rings is 1. The third kappa shape index (κ3) is 6.29. The van der Waals surface area contributed by atoms with Crippen molar-refractivity contribution in [1.82, 2.24) is 0 Å². The fraction of sp³-hybridized carbons (Fsp3) is 0.562. The molecule has 0 heterocycles. The molecule has 0 spiro atoms. The molecule has 5 nitrogen and oxygen atoms in total. The van der Waals surface area contributed by atoms with Gasteiger partial charge in [-0.3, -0.25) is 0 Å². The Morgan fingerprint density at radius 2 is 1.75 bits per heavy atom. The van der Waals surface area contributed by atoms with Gasteiger partial charge < -0.3 is 9.46 Å². The van der Waals surface area contributed by atoms with Crippen LogP contribution in [0, 0.1) is 10.7 Å². The first kappa shape index (κ1) is 24.8. The van der Waals surface area contributed by atoms with E-state index in [4.69, 9.17) is 4.74 Å². The minimum Gasteiger partial charge on any atom is -0.541 e. The Kier molecular flexibility index (Phi) is 8.70. The molecule has 0 unspecified atom stereocenters. The Hall–Kier alpha value is 0.580. The van der Waals surface area contributed by atoms with Gasteiger partial charge in [-0.1, -0.05) is 6.42 Å². The fourth-order valence-electron chi connectivity index (χ4n) is 3.00. The van der Waals surface area contributed by atoms with E-state index in [0.29, 0.717) is 18.4 Å². The lowest BCUT2D eigenvalue weighted by Gasteiger charge is -2.39. The number of hydrogen-bond acceptors (Lipinski definition) is 4. The lowest BCUT2D eigenvalue weighted by atomic mass is 9.82. The van der Waals surface area contributed by atoms with Crippen LogP contribution in [-0.2, 0) is 14.8 Å². The number of esters is 1. The number of rotatable bonds is 6. The molecule has 0 bridgehead atoms. The molecular formula is C16H16F3I3NO4S-. The molecule has 0 radical (unpaired) electrons. The van der Waals surface area contributed by atoms with E-state index in [2.05, 4.69) is 49.9 Å². The van der Waals surface area contributed by atoms with Crippen molar-refractivity contribution in [1.29, 1.82) is 0 Å². The molecule has 28 heavy (non-hydrogen) atoms. The van der Waals surface area contributed by atoms with Crippen molar-refractivity contribution in [3.8, 4) is 0 Å². The first-order valence-electron chi connectivity index (χ1n) is 8.25. The predicted octanol–water partition coefficient (Wildman–Crippen LogP) is 5.97. The summed E-state index contributed by atoms with van der Waals surface area (Å²) in [5.41, 5.74) is -6.03. The Morgan fingerprint density at radius 3 is 2.32 bits per heavy atom. The van der Waals surface area contributed by atoms with Gasteiger partial charge in [-0.15, -0.1) is 6.54 Å². The minimum atomic E-state index is -5.54. The van der Waals surface area contributed by atoms with E-state index in [1.54, 1.807) is 6.07 Å². The summed E-state index contributed by atoms with van der Waals surface area (Å²) in [5, 5.41) is 0. The standard InChI is InChI=1S/C16H16F3I3NO4S/c17-16(18,19)28(25,26)23-7-6-15(4-2-1-3-5-15)27-14(24)11-8-10(20)9-12(21)13(11)22/h8-9H,1-7H2/q-1. The summed E-state index contributed by atoms with van der Waals surface area (Å²) in [6.07, 6.45) is 3.30. The molecule has 1 aromatic rings. The normalized spacial score (nSPS) is 17.4. The van der Waals surface area contributed by atoms with Gasteiger partial charge in [0.05, 0.1) is 5.56 Å². The van der Waals surface area contributed by atoms with E-state index in [1.807, 2.05) is 28.7 Å².